The highest BCUT2D eigenvalue weighted by molar-refractivity contribution is 6.28. The molecule has 2 aromatic heterocycles. The molecule has 2 fully saturated rings. The number of fused-ring (bicyclic) bond motifs is 1. The summed E-state index contributed by atoms with van der Waals surface area (Å²) in [5.41, 5.74) is 1.37. The first-order valence-corrected chi connectivity index (χ1v) is 10.2. The molecule has 0 radical (unpaired) electrons. The van der Waals surface area contributed by atoms with Gasteiger partial charge in [-0.1, -0.05) is 6.92 Å². The summed E-state index contributed by atoms with van der Waals surface area (Å²) < 4.78 is 0. The molecule has 0 bridgehead atoms. The zero-order chi connectivity index (χ0) is 18.8. The number of carbonyl (C=O) groups is 1. The Morgan fingerprint density at radius 2 is 2.11 bits per heavy atom. The van der Waals surface area contributed by atoms with E-state index in [1.807, 2.05) is 0 Å². The van der Waals surface area contributed by atoms with E-state index in [-0.39, 0.29) is 17.1 Å². The summed E-state index contributed by atoms with van der Waals surface area (Å²) in [5, 5.41) is 3.38. The summed E-state index contributed by atoms with van der Waals surface area (Å²) in [6.45, 7) is 6.70. The van der Waals surface area contributed by atoms with Crippen LogP contribution in [0.2, 0.25) is 5.28 Å². The average Bonchev–Trinajstić information content (AvgIpc) is 3.34. The molecule has 2 aromatic rings. The monoisotopic (exact) mass is 391 g/mol. The summed E-state index contributed by atoms with van der Waals surface area (Å²) >= 11 is 6.04. The first-order valence-electron chi connectivity index (χ1n) is 9.79. The quantitative estimate of drug-likeness (QED) is 0.755. The molecular formula is C18H26ClN7O. The molecule has 1 amide bonds. The zero-order valence-electron chi connectivity index (χ0n) is 15.6. The molecule has 1 unspecified atom stereocenters. The number of H-pyrrole nitrogens is 1. The molecule has 0 saturated carbocycles. The lowest BCUT2D eigenvalue weighted by molar-refractivity contribution is -0.125. The van der Waals surface area contributed by atoms with E-state index in [4.69, 9.17) is 11.6 Å². The van der Waals surface area contributed by atoms with Crippen molar-refractivity contribution in [3.63, 3.8) is 0 Å². The van der Waals surface area contributed by atoms with E-state index in [9.17, 15) is 4.79 Å². The highest BCUT2D eigenvalue weighted by atomic mass is 35.5. The number of carbonyl (C=O) groups excluding carboxylic acids is 1. The summed E-state index contributed by atoms with van der Waals surface area (Å²) in [7, 11) is 0. The van der Waals surface area contributed by atoms with Crippen LogP contribution in [0.15, 0.2) is 6.33 Å². The van der Waals surface area contributed by atoms with Crippen molar-refractivity contribution in [3.8, 4) is 0 Å². The molecule has 1 atom stereocenters. The predicted molar refractivity (Wildman–Crippen MR) is 105 cm³/mol. The number of amides is 1. The molecule has 8 nitrogen and oxygen atoms in total. The van der Waals surface area contributed by atoms with Gasteiger partial charge in [0, 0.05) is 31.6 Å². The maximum absolute atomic E-state index is 12.6. The van der Waals surface area contributed by atoms with E-state index in [1.54, 1.807) is 6.33 Å². The van der Waals surface area contributed by atoms with Gasteiger partial charge in [-0.05, 0) is 50.4 Å². The van der Waals surface area contributed by atoms with Crippen molar-refractivity contribution in [1.29, 1.82) is 0 Å². The number of halogens is 1. The number of nitrogens with zero attached hydrogens (tertiary/aromatic N) is 5. The number of anilines is 1. The van der Waals surface area contributed by atoms with Gasteiger partial charge >= 0.3 is 0 Å². The summed E-state index contributed by atoms with van der Waals surface area (Å²) in [5.74, 6) is 1.02. The van der Waals surface area contributed by atoms with Crippen LogP contribution in [-0.4, -0.2) is 69.5 Å². The van der Waals surface area contributed by atoms with E-state index < -0.39 is 0 Å². The molecule has 9 heteroatoms. The largest absolute Gasteiger partial charge is 0.355 e. The number of aromatic amines is 1. The number of likely N-dealkylation sites (tertiary alicyclic amines) is 1. The zero-order valence-corrected chi connectivity index (χ0v) is 16.4. The Bertz CT molecular complexity index is 802. The van der Waals surface area contributed by atoms with Crippen LogP contribution in [0.25, 0.3) is 11.2 Å². The van der Waals surface area contributed by atoms with Gasteiger partial charge in [-0.3, -0.25) is 9.69 Å². The molecule has 2 saturated heterocycles. The van der Waals surface area contributed by atoms with Gasteiger partial charge in [-0.2, -0.15) is 9.97 Å². The molecule has 4 rings (SSSR count). The third-order valence-corrected chi connectivity index (χ3v) is 5.99. The van der Waals surface area contributed by atoms with Crippen molar-refractivity contribution in [1.82, 2.24) is 30.2 Å². The predicted octanol–water partition coefficient (Wildman–Crippen LogP) is 1.82. The van der Waals surface area contributed by atoms with Gasteiger partial charge in [-0.25, -0.2) is 4.98 Å². The van der Waals surface area contributed by atoms with Gasteiger partial charge < -0.3 is 15.2 Å². The Morgan fingerprint density at radius 1 is 1.30 bits per heavy atom. The van der Waals surface area contributed by atoms with Gasteiger partial charge in [0.25, 0.3) is 0 Å². The lowest BCUT2D eigenvalue weighted by Crippen LogP contribution is -2.45. The Morgan fingerprint density at radius 3 is 2.89 bits per heavy atom. The standard InChI is InChI=1S/C18H26ClN7O/c1-2-25-7-3-4-13(25)10-20-17(27)12-5-8-26(9-6-12)16-14-15(22-11-21-14)23-18(19)24-16/h11-13H,2-10H2,1H3,(H,20,27)(H,21,22,23,24). The van der Waals surface area contributed by atoms with Gasteiger partial charge in [0.1, 0.15) is 5.52 Å². The van der Waals surface area contributed by atoms with Crippen LogP contribution in [0.1, 0.15) is 32.6 Å². The van der Waals surface area contributed by atoms with Crippen molar-refractivity contribution < 1.29 is 4.79 Å². The highest BCUT2D eigenvalue weighted by Gasteiger charge is 2.29. The van der Waals surface area contributed by atoms with Crippen molar-refractivity contribution in [2.45, 2.75) is 38.6 Å². The van der Waals surface area contributed by atoms with Crippen LogP contribution < -0.4 is 10.2 Å². The first-order chi connectivity index (χ1) is 13.2. The van der Waals surface area contributed by atoms with Crippen LogP contribution in [0.3, 0.4) is 0 Å². The number of piperidine rings is 1. The van der Waals surface area contributed by atoms with Crippen LogP contribution in [0.4, 0.5) is 5.82 Å². The number of hydrogen-bond donors (Lipinski definition) is 2. The van der Waals surface area contributed by atoms with Crippen molar-refractivity contribution in [3.05, 3.63) is 11.6 Å². The smallest absolute Gasteiger partial charge is 0.226 e. The molecule has 27 heavy (non-hydrogen) atoms. The normalized spacial score (nSPS) is 21.9. The van der Waals surface area contributed by atoms with Crippen molar-refractivity contribution in [2.75, 3.05) is 37.6 Å². The van der Waals surface area contributed by atoms with Crippen LogP contribution in [0, 0.1) is 5.92 Å². The second-order valence-corrected chi connectivity index (χ2v) is 7.69. The number of imidazole rings is 1. The van der Waals surface area contributed by atoms with E-state index in [0.717, 1.165) is 56.9 Å². The van der Waals surface area contributed by atoms with E-state index >= 15 is 0 Å². The molecular weight excluding hydrogens is 366 g/mol. The minimum Gasteiger partial charge on any atom is -0.355 e. The molecule has 0 aromatic carbocycles. The van der Waals surface area contributed by atoms with Crippen molar-refractivity contribution >= 4 is 34.5 Å². The highest BCUT2D eigenvalue weighted by Crippen LogP contribution is 2.27. The van der Waals surface area contributed by atoms with E-state index in [2.05, 4.69) is 42.0 Å². The van der Waals surface area contributed by atoms with Crippen LogP contribution >= 0.6 is 11.6 Å². The third-order valence-electron chi connectivity index (χ3n) is 5.82. The number of nitrogens with one attached hydrogen (secondary N) is 2. The average molecular weight is 392 g/mol. The van der Waals surface area contributed by atoms with Gasteiger partial charge in [0.2, 0.25) is 11.2 Å². The Hall–Kier alpha value is -1.93. The number of likely N-dealkylation sites (N-methyl/N-ethyl adjacent to an activating group) is 1. The second-order valence-electron chi connectivity index (χ2n) is 7.35. The van der Waals surface area contributed by atoms with E-state index in [0.29, 0.717) is 11.7 Å². The van der Waals surface area contributed by atoms with Gasteiger partial charge in [-0.15, -0.1) is 0 Å². The third kappa shape index (κ3) is 3.87. The summed E-state index contributed by atoms with van der Waals surface area (Å²) in [6, 6.07) is 0.496. The molecule has 0 spiro atoms. The maximum atomic E-state index is 12.6. The first kappa shape index (κ1) is 18.4. The van der Waals surface area contributed by atoms with Gasteiger partial charge in [0.05, 0.1) is 6.33 Å². The summed E-state index contributed by atoms with van der Waals surface area (Å²) in [4.78, 5) is 33.0. The molecule has 2 aliphatic rings. The molecule has 2 aliphatic heterocycles. The maximum Gasteiger partial charge on any atom is 0.226 e. The molecule has 4 heterocycles. The fraction of sp³-hybridized carbons (Fsp3) is 0.667. The molecule has 146 valence electrons. The van der Waals surface area contributed by atoms with Crippen LogP contribution in [0.5, 0.6) is 0 Å². The minimum atomic E-state index is 0.0623. The summed E-state index contributed by atoms with van der Waals surface area (Å²) in [6.07, 6.45) is 5.63. The molecule has 0 aliphatic carbocycles. The number of rotatable bonds is 5. The lowest BCUT2D eigenvalue weighted by Gasteiger charge is -2.32. The number of aromatic nitrogens is 4. The lowest BCUT2D eigenvalue weighted by atomic mass is 9.95. The Balaban J connectivity index is 1.33. The minimum absolute atomic E-state index is 0.0623. The fourth-order valence-electron chi connectivity index (χ4n) is 4.28. The fourth-order valence-corrected chi connectivity index (χ4v) is 4.44. The second kappa shape index (κ2) is 7.98. The van der Waals surface area contributed by atoms with Crippen LogP contribution in [-0.2, 0) is 4.79 Å². The van der Waals surface area contributed by atoms with E-state index in [1.165, 1.54) is 12.8 Å². The topological polar surface area (TPSA) is 90.0 Å². The molecule has 2 N–H and O–H groups in total. The van der Waals surface area contributed by atoms with Crippen molar-refractivity contribution in [2.24, 2.45) is 5.92 Å². The van der Waals surface area contributed by atoms with Gasteiger partial charge in [0.15, 0.2) is 11.5 Å². The Labute approximate surface area is 163 Å². The Kier molecular flexibility index (Phi) is 5.45. The SMILES string of the molecule is CCN1CCCC1CNC(=O)C1CCN(c2nc(Cl)nc3nc[nH]c23)CC1. The number of hydrogen-bond acceptors (Lipinski definition) is 6.